The highest BCUT2D eigenvalue weighted by molar-refractivity contribution is 6.06. The summed E-state index contributed by atoms with van der Waals surface area (Å²) in [6.07, 6.45) is 2.88. The number of aliphatic hydroxyl groups is 1. The molecular weight excluding hydrogens is 296 g/mol. The van der Waals surface area contributed by atoms with Gasteiger partial charge in [0, 0.05) is 42.1 Å². The molecule has 0 aliphatic carbocycles. The molecule has 0 atom stereocenters. The summed E-state index contributed by atoms with van der Waals surface area (Å²) in [6.45, 7) is 1.60. The minimum Gasteiger partial charge on any atom is -0.396 e. The lowest BCUT2D eigenvalue weighted by molar-refractivity contribution is -0.0146. The summed E-state index contributed by atoms with van der Waals surface area (Å²) in [6, 6.07) is 7.02. The van der Waals surface area contributed by atoms with Gasteiger partial charge in [0.25, 0.3) is 11.5 Å². The fourth-order valence-corrected chi connectivity index (χ4v) is 2.96. The van der Waals surface area contributed by atoms with Crippen LogP contribution in [0.5, 0.6) is 0 Å². The van der Waals surface area contributed by atoms with Crippen molar-refractivity contribution in [2.24, 2.45) is 5.41 Å². The van der Waals surface area contributed by atoms with Crippen LogP contribution in [0.1, 0.15) is 23.2 Å². The molecule has 1 saturated heterocycles. The van der Waals surface area contributed by atoms with Gasteiger partial charge < -0.3 is 20.1 Å². The van der Waals surface area contributed by atoms with Gasteiger partial charge in [-0.1, -0.05) is 18.2 Å². The predicted octanol–water partition coefficient (Wildman–Crippen LogP) is 1.05. The van der Waals surface area contributed by atoms with Gasteiger partial charge in [-0.15, -0.1) is 0 Å². The number of amides is 1. The first-order valence-corrected chi connectivity index (χ1v) is 7.72. The number of aromatic amines is 1. The number of hydrogen-bond acceptors (Lipinski definition) is 4. The van der Waals surface area contributed by atoms with Crippen molar-refractivity contribution in [3.63, 3.8) is 0 Å². The van der Waals surface area contributed by atoms with Crippen LogP contribution in [0.2, 0.25) is 0 Å². The number of ether oxygens (including phenoxy) is 1. The Kier molecular flexibility index (Phi) is 4.45. The van der Waals surface area contributed by atoms with E-state index in [1.165, 1.54) is 6.20 Å². The summed E-state index contributed by atoms with van der Waals surface area (Å²) in [5.41, 5.74) is -0.111. The van der Waals surface area contributed by atoms with Gasteiger partial charge in [0.1, 0.15) is 0 Å². The summed E-state index contributed by atoms with van der Waals surface area (Å²) in [4.78, 5) is 26.9. The van der Waals surface area contributed by atoms with Gasteiger partial charge in [0.2, 0.25) is 0 Å². The molecule has 0 radical (unpaired) electrons. The number of carbonyl (C=O) groups excluding carboxylic acids is 1. The Morgan fingerprint density at radius 2 is 1.96 bits per heavy atom. The fourth-order valence-electron chi connectivity index (χ4n) is 2.96. The lowest BCUT2D eigenvalue weighted by Crippen LogP contribution is -2.43. The van der Waals surface area contributed by atoms with Gasteiger partial charge in [0.05, 0.1) is 12.2 Å². The van der Waals surface area contributed by atoms with Crippen LogP contribution in [0.4, 0.5) is 0 Å². The molecule has 122 valence electrons. The Hall–Kier alpha value is -2.18. The van der Waals surface area contributed by atoms with Crippen LogP contribution in [-0.4, -0.2) is 42.4 Å². The topological polar surface area (TPSA) is 91.4 Å². The van der Waals surface area contributed by atoms with E-state index < -0.39 is 0 Å². The zero-order valence-electron chi connectivity index (χ0n) is 12.8. The molecule has 1 aromatic carbocycles. The Morgan fingerprint density at radius 1 is 1.26 bits per heavy atom. The van der Waals surface area contributed by atoms with Crippen LogP contribution < -0.4 is 10.9 Å². The number of hydrogen-bond donors (Lipinski definition) is 3. The summed E-state index contributed by atoms with van der Waals surface area (Å²) in [5.74, 6) is -0.253. The van der Waals surface area contributed by atoms with E-state index in [4.69, 9.17) is 4.74 Å². The lowest BCUT2D eigenvalue weighted by atomic mass is 9.81. The van der Waals surface area contributed by atoms with Crippen LogP contribution in [0.25, 0.3) is 10.8 Å². The van der Waals surface area contributed by atoms with Crippen molar-refractivity contribution >= 4 is 16.7 Å². The molecule has 1 aliphatic heterocycles. The fraction of sp³-hybridized carbons (Fsp3) is 0.412. The number of aromatic nitrogens is 1. The normalized spacial score (nSPS) is 17.1. The molecule has 0 spiro atoms. The average Bonchev–Trinajstić information content (AvgIpc) is 2.61. The predicted molar refractivity (Wildman–Crippen MR) is 86.5 cm³/mol. The number of H-pyrrole nitrogens is 1. The van der Waals surface area contributed by atoms with Crippen molar-refractivity contribution in [2.45, 2.75) is 12.8 Å². The molecule has 0 saturated carbocycles. The van der Waals surface area contributed by atoms with E-state index in [0.29, 0.717) is 36.1 Å². The standard InChI is InChI=1S/C17H20N2O4/c20-11-17(5-7-23-8-6-17)10-19-16(22)14-9-18-15(21)13-4-2-1-3-12(13)14/h1-4,9,20H,5-8,10-11H2,(H,18,21)(H,19,22). The van der Waals surface area contributed by atoms with Gasteiger partial charge in [-0.2, -0.15) is 0 Å². The first-order chi connectivity index (χ1) is 11.2. The SMILES string of the molecule is O=C(NCC1(CO)CCOCC1)c1c[nH]c(=O)c2ccccc12. The first-order valence-electron chi connectivity index (χ1n) is 7.72. The van der Waals surface area contributed by atoms with E-state index in [2.05, 4.69) is 10.3 Å². The van der Waals surface area contributed by atoms with Crippen molar-refractivity contribution in [1.82, 2.24) is 10.3 Å². The molecule has 0 unspecified atom stereocenters. The van der Waals surface area contributed by atoms with Crippen molar-refractivity contribution in [3.05, 3.63) is 46.4 Å². The Balaban J connectivity index is 1.81. The van der Waals surface area contributed by atoms with Gasteiger partial charge in [-0.25, -0.2) is 0 Å². The van der Waals surface area contributed by atoms with E-state index in [0.717, 1.165) is 12.8 Å². The molecule has 3 N–H and O–H groups in total. The molecule has 1 amide bonds. The van der Waals surface area contributed by atoms with Crippen molar-refractivity contribution in [1.29, 1.82) is 0 Å². The molecule has 2 aromatic rings. The summed E-state index contributed by atoms with van der Waals surface area (Å²) >= 11 is 0. The molecule has 1 aromatic heterocycles. The average molecular weight is 316 g/mol. The summed E-state index contributed by atoms with van der Waals surface area (Å²) < 4.78 is 5.33. The number of benzene rings is 1. The minimum absolute atomic E-state index is 0.0169. The molecule has 0 bridgehead atoms. The van der Waals surface area contributed by atoms with Crippen LogP contribution in [0.3, 0.4) is 0 Å². The third-order valence-electron chi connectivity index (χ3n) is 4.57. The van der Waals surface area contributed by atoms with Gasteiger partial charge in [0.15, 0.2) is 0 Å². The first kappa shape index (κ1) is 15.7. The number of rotatable bonds is 4. The monoisotopic (exact) mass is 316 g/mol. The number of pyridine rings is 1. The maximum absolute atomic E-state index is 12.5. The third kappa shape index (κ3) is 3.13. The Bertz CT molecular complexity index is 763. The number of aliphatic hydroxyl groups excluding tert-OH is 1. The highest BCUT2D eigenvalue weighted by Crippen LogP contribution is 2.29. The highest BCUT2D eigenvalue weighted by Gasteiger charge is 2.32. The summed E-state index contributed by atoms with van der Waals surface area (Å²) in [5, 5.41) is 13.7. The second-order valence-corrected chi connectivity index (χ2v) is 6.03. The second-order valence-electron chi connectivity index (χ2n) is 6.03. The van der Waals surface area contributed by atoms with E-state index in [9.17, 15) is 14.7 Å². The molecule has 1 aliphatic rings. The quantitative estimate of drug-likeness (QED) is 0.786. The molecule has 23 heavy (non-hydrogen) atoms. The van der Waals surface area contributed by atoms with Gasteiger partial charge in [-0.3, -0.25) is 9.59 Å². The van der Waals surface area contributed by atoms with E-state index >= 15 is 0 Å². The minimum atomic E-state index is -0.327. The molecule has 3 rings (SSSR count). The molecule has 1 fully saturated rings. The van der Waals surface area contributed by atoms with Gasteiger partial charge in [-0.05, 0) is 18.9 Å². The van der Waals surface area contributed by atoms with E-state index in [-0.39, 0.29) is 23.5 Å². The summed E-state index contributed by atoms with van der Waals surface area (Å²) in [7, 11) is 0. The maximum Gasteiger partial charge on any atom is 0.255 e. The number of nitrogens with one attached hydrogen (secondary N) is 2. The van der Waals surface area contributed by atoms with Crippen LogP contribution in [-0.2, 0) is 4.74 Å². The van der Waals surface area contributed by atoms with E-state index in [1.807, 2.05) is 0 Å². The zero-order chi connectivity index (χ0) is 16.3. The number of carbonyl (C=O) groups is 1. The maximum atomic E-state index is 12.5. The van der Waals surface area contributed by atoms with Crippen molar-refractivity contribution < 1.29 is 14.6 Å². The number of fused-ring (bicyclic) bond motifs is 1. The van der Waals surface area contributed by atoms with Crippen molar-refractivity contribution in [2.75, 3.05) is 26.4 Å². The second kappa shape index (κ2) is 6.52. The molecule has 6 nitrogen and oxygen atoms in total. The van der Waals surface area contributed by atoms with Crippen LogP contribution >= 0.6 is 0 Å². The van der Waals surface area contributed by atoms with Crippen LogP contribution in [0.15, 0.2) is 35.3 Å². The van der Waals surface area contributed by atoms with E-state index in [1.54, 1.807) is 24.3 Å². The Morgan fingerprint density at radius 3 is 2.65 bits per heavy atom. The lowest BCUT2D eigenvalue weighted by Gasteiger charge is -2.35. The van der Waals surface area contributed by atoms with Gasteiger partial charge >= 0.3 is 0 Å². The molecular formula is C17H20N2O4. The smallest absolute Gasteiger partial charge is 0.255 e. The van der Waals surface area contributed by atoms with Crippen molar-refractivity contribution in [3.8, 4) is 0 Å². The van der Waals surface area contributed by atoms with Crippen LogP contribution in [0, 0.1) is 5.41 Å². The largest absolute Gasteiger partial charge is 0.396 e. The molecule has 2 heterocycles. The Labute approximate surface area is 133 Å². The molecule has 6 heteroatoms. The zero-order valence-corrected chi connectivity index (χ0v) is 12.8. The highest BCUT2D eigenvalue weighted by atomic mass is 16.5. The third-order valence-corrected chi connectivity index (χ3v) is 4.57.